The van der Waals surface area contributed by atoms with Crippen molar-refractivity contribution in [3.63, 3.8) is 0 Å². The first-order valence-electron chi connectivity index (χ1n) is 10.1. The molecule has 0 radical (unpaired) electrons. The molecule has 0 saturated carbocycles. The largest absolute Gasteiger partial charge is 0.478 e. The van der Waals surface area contributed by atoms with Crippen LogP contribution in [0.15, 0.2) is 35.5 Å². The van der Waals surface area contributed by atoms with E-state index in [0.717, 1.165) is 5.56 Å². The second kappa shape index (κ2) is 13.6. The van der Waals surface area contributed by atoms with Gasteiger partial charge in [0.05, 0.1) is 9.84 Å². The predicted molar refractivity (Wildman–Crippen MR) is 140 cm³/mol. The molecule has 14 heteroatoms. The summed E-state index contributed by atoms with van der Waals surface area (Å²) in [6, 6.07) is 10.4. The molecule has 0 aliphatic heterocycles. The lowest BCUT2D eigenvalue weighted by atomic mass is 9.99. The van der Waals surface area contributed by atoms with Gasteiger partial charge in [-0.1, -0.05) is 101 Å². The number of nitriles is 1. The lowest BCUT2D eigenvalue weighted by molar-refractivity contribution is -0.166. The van der Waals surface area contributed by atoms with Gasteiger partial charge in [-0.15, -0.1) is 0 Å². The molecule has 35 heavy (non-hydrogen) atoms. The fourth-order valence-corrected chi connectivity index (χ4v) is 4.57. The first-order valence-corrected chi connectivity index (χ1v) is 13.8. The smallest absolute Gasteiger partial charge is 0.462 e. The van der Waals surface area contributed by atoms with E-state index >= 15 is 0 Å². The van der Waals surface area contributed by atoms with Crippen LogP contribution in [0, 0.1) is 17.2 Å². The van der Waals surface area contributed by atoms with Crippen molar-refractivity contribution >= 4 is 73.0 Å². The maximum atomic E-state index is 14.1. The highest BCUT2D eigenvalue weighted by atomic mass is 127. The van der Waals surface area contributed by atoms with Crippen LogP contribution in [0.3, 0.4) is 0 Å². The number of rotatable bonds is 13. The van der Waals surface area contributed by atoms with Gasteiger partial charge in [0.2, 0.25) is 0 Å². The lowest BCUT2D eigenvalue weighted by Crippen LogP contribution is -2.40. The van der Waals surface area contributed by atoms with Crippen molar-refractivity contribution in [2.75, 3.05) is 13.2 Å². The molecule has 0 aliphatic rings. The monoisotopic (exact) mass is 740 g/mol. The fraction of sp³-hybridized carbons (Fsp3) is 0.524. The molecule has 1 aromatic carbocycles. The average Bonchev–Trinajstić information content (AvgIpc) is 2.76. The third kappa shape index (κ3) is 10.5. The van der Waals surface area contributed by atoms with Gasteiger partial charge in [-0.05, 0) is 18.4 Å². The third-order valence-corrected chi connectivity index (χ3v) is 6.75. The van der Waals surface area contributed by atoms with Gasteiger partial charge in [-0.2, -0.15) is 22.5 Å². The summed E-state index contributed by atoms with van der Waals surface area (Å²) in [6.45, 7) is 4.12. The van der Waals surface area contributed by atoms with Crippen LogP contribution in [-0.4, -0.2) is 51.9 Å². The van der Waals surface area contributed by atoms with Gasteiger partial charge in [-0.3, -0.25) is 9.08 Å². The molecule has 0 aromatic heterocycles. The van der Waals surface area contributed by atoms with Gasteiger partial charge in [0.1, 0.15) is 19.3 Å². The number of carbonyl (C=O) groups is 2. The summed E-state index contributed by atoms with van der Waals surface area (Å²) in [5, 5.41) is 7.11. The average molecular weight is 740 g/mol. The van der Waals surface area contributed by atoms with E-state index in [9.17, 15) is 32.0 Å². The minimum Gasteiger partial charge on any atom is -0.462 e. The topological polar surface area (TPSA) is 132 Å². The Morgan fingerprint density at radius 2 is 1.74 bits per heavy atom. The number of benzene rings is 1. The highest BCUT2D eigenvalue weighted by Gasteiger charge is 2.57. The highest BCUT2D eigenvalue weighted by molar-refractivity contribution is 14.1. The Labute approximate surface area is 230 Å². The van der Waals surface area contributed by atoms with Crippen LogP contribution in [0.2, 0.25) is 0 Å². The van der Waals surface area contributed by atoms with Gasteiger partial charge < -0.3 is 9.47 Å². The molecule has 2 atom stereocenters. The zero-order chi connectivity index (χ0) is 26.9. The van der Waals surface area contributed by atoms with Crippen LogP contribution in [0.4, 0.5) is 8.78 Å². The van der Waals surface area contributed by atoms with Crippen molar-refractivity contribution in [1.29, 1.82) is 5.26 Å². The van der Waals surface area contributed by atoms with E-state index in [0.29, 0.717) is 6.42 Å². The summed E-state index contributed by atoms with van der Waals surface area (Å²) >= 11 is 3.94. The van der Waals surface area contributed by atoms with Crippen molar-refractivity contribution in [2.24, 2.45) is 11.1 Å². The summed E-state index contributed by atoms with van der Waals surface area (Å²) < 4.78 is 64.2. The molecule has 0 bridgehead atoms. The number of alkyl halides is 4. The van der Waals surface area contributed by atoms with Gasteiger partial charge >= 0.3 is 27.3 Å². The number of esters is 2. The molecule has 0 amide bonds. The quantitative estimate of drug-likeness (QED) is 0.0736. The van der Waals surface area contributed by atoms with E-state index in [1.807, 2.05) is 13.8 Å². The Balaban J connectivity index is 2.68. The third-order valence-electron chi connectivity index (χ3n) is 4.21. The second-order valence-electron chi connectivity index (χ2n) is 7.92. The predicted octanol–water partition coefficient (Wildman–Crippen LogP) is 4.18. The Morgan fingerprint density at radius 1 is 1.17 bits per heavy atom. The molecule has 194 valence electrons. The Morgan fingerprint density at radius 3 is 2.29 bits per heavy atom. The van der Waals surface area contributed by atoms with E-state index in [-0.39, 0.29) is 9.84 Å². The number of hydrogen-bond donors (Lipinski definition) is 0. The van der Waals surface area contributed by atoms with E-state index in [1.54, 1.807) is 65.9 Å². The molecule has 1 aromatic rings. The number of ether oxygens (including phenoxy) is 2. The summed E-state index contributed by atoms with van der Waals surface area (Å²) in [6.07, 6.45) is 0.747. The zero-order valence-corrected chi connectivity index (χ0v) is 24.2. The maximum Gasteiger partial charge on any atom is 0.478 e. The number of halogens is 4. The van der Waals surface area contributed by atoms with E-state index in [2.05, 4.69) is 36.8 Å². The van der Waals surface area contributed by atoms with Crippen LogP contribution < -0.4 is 0 Å². The maximum absolute atomic E-state index is 14.1. The highest BCUT2D eigenvalue weighted by Crippen LogP contribution is 2.27. The van der Waals surface area contributed by atoms with Crippen molar-refractivity contribution < 1.29 is 40.5 Å². The van der Waals surface area contributed by atoms with Crippen LogP contribution >= 0.6 is 45.2 Å². The molecular formula is C21H24F2I2N2O7S. The Bertz CT molecular complexity index is 1060. The lowest BCUT2D eigenvalue weighted by Gasteiger charge is -2.20. The van der Waals surface area contributed by atoms with Gasteiger partial charge in [0, 0.05) is 3.42 Å². The Kier molecular flexibility index (Phi) is 12.2. The number of carbonyl (C=O) groups excluding carboxylic acids is 2. The molecule has 0 aliphatic carbocycles. The minimum atomic E-state index is -5.92. The summed E-state index contributed by atoms with van der Waals surface area (Å²) in [7, 11) is -5.92. The standard InChI is InChI=1S/C21H24F2I2N2O7S/c1-14(12-20(2,3)25)18(28)32-9-10-33-19(29)21(22,23)35(30,31)34-27-17(13-26)16(24)11-15-7-5-4-6-8-15/h4-8,14,16H,9-12H2,1-3H3/b27-17+. The van der Waals surface area contributed by atoms with E-state index in [1.165, 1.54) is 0 Å². The van der Waals surface area contributed by atoms with E-state index in [4.69, 9.17) is 4.74 Å². The first kappa shape index (κ1) is 31.4. The normalized spacial score (nSPS) is 14.4. The minimum absolute atomic E-state index is 0.175. The number of oxime groups is 1. The molecule has 1 rings (SSSR count). The number of hydrogen-bond acceptors (Lipinski definition) is 9. The van der Waals surface area contributed by atoms with Gasteiger partial charge in [0.15, 0.2) is 5.71 Å². The van der Waals surface area contributed by atoms with Crippen LogP contribution in [-0.2, 0) is 39.9 Å². The van der Waals surface area contributed by atoms with Crippen LogP contribution in [0.5, 0.6) is 0 Å². The first-order chi connectivity index (χ1) is 16.1. The van der Waals surface area contributed by atoms with Gasteiger partial charge in [0.25, 0.3) is 0 Å². The van der Waals surface area contributed by atoms with Crippen LogP contribution in [0.1, 0.15) is 32.8 Å². The summed E-state index contributed by atoms with van der Waals surface area (Å²) in [5.41, 5.74) is 0.317. The zero-order valence-electron chi connectivity index (χ0n) is 19.0. The molecule has 9 nitrogen and oxygen atoms in total. The summed E-state index contributed by atoms with van der Waals surface area (Å²) in [5.74, 6) is -3.53. The molecule has 0 heterocycles. The molecular weight excluding hydrogens is 716 g/mol. The van der Waals surface area contributed by atoms with Gasteiger partial charge in [-0.25, -0.2) is 4.79 Å². The fourth-order valence-electron chi connectivity index (χ4n) is 2.62. The number of nitrogens with zero attached hydrogens (tertiary/aromatic N) is 2. The van der Waals surface area contributed by atoms with Crippen molar-refractivity contribution in [3.8, 4) is 6.07 Å². The molecule has 0 fully saturated rings. The second-order valence-corrected chi connectivity index (χ2v) is 13.9. The summed E-state index contributed by atoms with van der Waals surface area (Å²) in [4.78, 5) is 23.6. The molecule has 0 saturated heterocycles. The molecule has 0 N–H and O–H groups in total. The van der Waals surface area contributed by atoms with Crippen molar-refractivity contribution in [2.45, 2.75) is 46.2 Å². The van der Waals surface area contributed by atoms with Crippen molar-refractivity contribution in [3.05, 3.63) is 35.9 Å². The molecule has 0 spiro atoms. The van der Waals surface area contributed by atoms with Crippen molar-refractivity contribution in [1.82, 2.24) is 0 Å². The SMILES string of the molecule is CC(CC(C)(C)I)C(=O)OCCOC(=O)C(F)(F)S(=O)(=O)O/N=C(\C#N)C(I)Cc1ccccc1. The van der Waals surface area contributed by atoms with E-state index < -0.39 is 56.1 Å². The van der Waals surface area contributed by atoms with Crippen LogP contribution in [0.25, 0.3) is 0 Å². The Hall–Kier alpha value is -1.61. The molecule has 2 unspecified atom stereocenters.